The largest absolute Gasteiger partial charge is 0.478 e. The second kappa shape index (κ2) is 8.69. The van der Waals surface area contributed by atoms with Crippen LogP contribution in [0.15, 0.2) is 82.6 Å². The SMILES string of the molecule is C=CCn1c(SCc2cccc(C(=O)O)c2)nc2scc(-c3ccccc3)c2c1=O. The summed E-state index contributed by atoms with van der Waals surface area (Å²) in [6.07, 6.45) is 1.68. The number of hydrogen-bond donors (Lipinski definition) is 1. The molecule has 0 aliphatic carbocycles. The molecule has 1 N–H and O–H groups in total. The zero-order chi connectivity index (χ0) is 21.1. The minimum atomic E-state index is -0.961. The predicted octanol–water partition coefficient (Wildman–Crippen LogP) is 5.30. The number of aromatic nitrogens is 2. The summed E-state index contributed by atoms with van der Waals surface area (Å²) >= 11 is 2.86. The van der Waals surface area contributed by atoms with E-state index < -0.39 is 5.97 Å². The maximum absolute atomic E-state index is 13.3. The molecule has 2 heterocycles. The van der Waals surface area contributed by atoms with Crippen LogP contribution in [0.1, 0.15) is 15.9 Å². The summed E-state index contributed by atoms with van der Waals surface area (Å²) < 4.78 is 1.63. The van der Waals surface area contributed by atoms with Crippen molar-refractivity contribution in [1.29, 1.82) is 0 Å². The molecule has 2 aromatic carbocycles. The van der Waals surface area contributed by atoms with E-state index in [4.69, 9.17) is 4.98 Å². The molecule has 2 aromatic heterocycles. The summed E-state index contributed by atoms with van der Waals surface area (Å²) in [5.74, 6) is -0.454. The molecule has 0 spiro atoms. The van der Waals surface area contributed by atoms with Gasteiger partial charge >= 0.3 is 5.97 Å². The second-order valence-corrected chi connectivity index (χ2v) is 8.39. The highest BCUT2D eigenvalue weighted by atomic mass is 32.2. The van der Waals surface area contributed by atoms with Crippen molar-refractivity contribution in [2.45, 2.75) is 17.5 Å². The number of aromatic carboxylic acids is 1. The van der Waals surface area contributed by atoms with E-state index >= 15 is 0 Å². The van der Waals surface area contributed by atoms with Crippen molar-refractivity contribution >= 4 is 39.3 Å². The Morgan fingerprint density at radius 1 is 1.20 bits per heavy atom. The highest BCUT2D eigenvalue weighted by Crippen LogP contribution is 2.32. The maximum atomic E-state index is 13.3. The molecule has 0 saturated heterocycles. The number of thioether (sulfide) groups is 1. The molecule has 5 nitrogen and oxygen atoms in total. The van der Waals surface area contributed by atoms with Gasteiger partial charge in [-0.3, -0.25) is 9.36 Å². The van der Waals surface area contributed by atoms with Gasteiger partial charge in [-0.1, -0.05) is 60.3 Å². The first-order valence-electron chi connectivity index (χ1n) is 9.22. The van der Waals surface area contributed by atoms with Crippen molar-refractivity contribution in [3.63, 3.8) is 0 Å². The molecule has 0 aliphatic heterocycles. The average molecular weight is 435 g/mol. The van der Waals surface area contributed by atoms with Crippen LogP contribution in [-0.2, 0) is 12.3 Å². The maximum Gasteiger partial charge on any atom is 0.335 e. The highest BCUT2D eigenvalue weighted by Gasteiger charge is 2.17. The average Bonchev–Trinajstić information content (AvgIpc) is 3.19. The molecule has 0 aliphatic rings. The molecular formula is C23H18N2O3S2. The lowest BCUT2D eigenvalue weighted by molar-refractivity contribution is 0.0697. The van der Waals surface area contributed by atoms with E-state index in [-0.39, 0.29) is 11.1 Å². The second-order valence-electron chi connectivity index (χ2n) is 6.59. The Bertz CT molecular complexity index is 1290. The molecule has 30 heavy (non-hydrogen) atoms. The number of fused-ring (bicyclic) bond motifs is 1. The zero-order valence-corrected chi connectivity index (χ0v) is 17.6. The number of benzene rings is 2. The normalized spacial score (nSPS) is 10.9. The predicted molar refractivity (Wildman–Crippen MR) is 122 cm³/mol. The van der Waals surface area contributed by atoms with Gasteiger partial charge in [-0.05, 0) is 23.3 Å². The Hall–Kier alpha value is -3.16. The lowest BCUT2D eigenvalue weighted by atomic mass is 10.1. The minimum absolute atomic E-state index is 0.0956. The molecule has 4 rings (SSSR count). The molecule has 0 saturated carbocycles. The van der Waals surface area contributed by atoms with E-state index in [1.807, 2.05) is 41.8 Å². The van der Waals surface area contributed by atoms with Crippen molar-refractivity contribution in [2.75, 3.05) is 0 Å². The highest BCUT2D eigenvalue weighted by molar-refractivity contribution is 7.98. The van der Waals surface area contributed by atoms with Gasteiger partial charge in [0.25, 0.3) is 5.56 Å². The lowest BCUT2D eigenvalue weighted by Gasteiger charge is -2.11. The van der Waals surface area contributed by atoms with Gasteiger partial charge in [0, 0.05) is 23.2 Å². The number of rotatable bonds is 7. The molecule has 0 amide bonds. The van der Waals surface area contributed by atoms with Crippen molar-refractivity contribution in [3.8, 4) is 11.1 Å². The smallest absolute Gasteiger partial charge is 0.335 e. The van der Waals surface area contributed by atoms with Crippen molar-refractivity contribution < 1.29 is 9.90 Å². The van der Waals surface area contributed by atoms with E-state index in [1.54, 1.807) is 28.8 Å². The molecule has 7 heteroatoms. The number of allylic oxidation sites excluding steroid dienone is 1. The van der Waals surface area contributed by atoms with Crippen LogP contribution in [0.5, 0.6) is 0 Å². The van der Waals surface area contributed by atoms with Gasteiger partial charge in [0.05, 0.1) is 10.9 Å². The first-order chi connectivity index (χ1) is 14.6. The number of thiophene rings is 1. The topological polar surface area (TPSA) is 72.2 Å². The van der Waals surface area contributed by atoms with Crippen LogP contribution in [0.25, 0.3) is 21.3 Å². The van der Waals surface area contributed by atoms with Gasteiger partial charge in [-0.15, -0.1) is 17.9 Å². The summed E-state index contributed by atoms with van der Waals surface area (Å²) in [7, 11) is 0. The summed E-state index contributed by atoms with van der Waals surface area (Å²) in [6.45, 7) is 4.13. The van der Waals surface area contributed by atoms with Gasteiger partial charge in [0.15, 0.2) is 5.16 Å². The van der Waals surface area contributed by atoms with Crippen molar-refractivity contribution in [3.05, 3.63) is 94.1 Å². The molecule has 0 unspecified atom stereocenters. The van der Waals surface area contributed by atoms with Crippen LogP contribution in [0.2, 0.25) is 0 Å². The molecule has 0 bridgehead atoms. The van der Waals surface area contributed by atoms with Gasteiger partial charge in [-0.2, -0.15) is 0 Å². The fraction of sp³-hybridized carbons (Fsp3) is 0.0870. The van der Waals surface area contributed by atoms with Crippen LogP contribution in [0, 0.1) is 0 Å². The molecular weight excluding hydrogens is 416 g/mol. The van der Waals surface area contributed by atoms with E-state index in [1.165, 1.54) is 23.1 Å². The van der Waals surface area contributed by atoms with E-state index in [9.17, 15) is 14.7 Å². The van der Waals surface area contributed by atoms with Crippen LogP contribution < -0.4 is 5.56 Å². The Morgan fingerprint density at radius 2 is 2.00 bits per heavy atom. The van der Waals surface area contributed by atoms with Crippen molar-refractivity contribution in [1.82, 2.24) is 9.55 Å². The van der Waals surface area contributed by atoms with Crippen LogP contribution in [-0.4, -0.2) is 20.6 Å². The summed E-state index contributed by atoms with van der Waals surface area (Å²) in [6, 6.07) is 16.6. The quantitative estimate of drug-likeness (QED) is 0.243. The van der Waals surface area contributed by atoms with Crippen molar-refractivity contribution in [2.24, 2.45) is 0 Å². The summed E-state index contributed by atoms with van der Waals surface area (Å²) in [5, 5.41) is 12.4. The number of nitrogens with zero attached hydrogens (tertiary/aromatic N) is 2. The van der Waals surface area contributed by atoms with E-state index in [0.717, 1.165) is 16.7 Å². The first kappa shape index (κ1) is 20.1. The fourth-order valence-electron chi connectivity index (χ4n) is 3.18. The Morgan fingerprint density at radius 3 is 2.73 bits per heavy atom. The number of carbonyl (C=O) groups is 1. The first-order valence-corrected chi connectivity index (χ1v) is 11.1. The van der Waals surface area contributed by atoms with Gasteiger partial charge < -0.3 is 5.11 Å². The monoisotopic (exact) mass is 434 g/mol. The van der Waals surface area contributed by atoms with Crippen LogP contribution >= 0.6 is 23.1 Å². The molecule has 0 radical (unpaired) electrons. The Labute approximate surface area is 181 Å². The zero-order valence-electron chi connectivity index (χ0n) is 15.9. The number of carboxylic acids is 1. The summed E-state index contributed by atoms with van der Waals surface area (Å²) in [5.41, 5.74) is 2.87. The molecule has 0 atom stereocenters. The third kappa shape index (κ3) is 3.94. The third-order valence-electron chi connectivity index (χ3n) is 4.60. The van der Waals surface area contributed by atoms with Gasteiger partial charge in [0.2, 0.25) is 0 Å². The fourth-order valence-corrected chi connectivity index (χ4v) is 5.12. The van der Waals surface area contributed by atoms with Gasteiger partial charge in [0.1, 0.15) is 4.83 Å². The number of carboxylic acid groups (broad SMARTS) is 1. The van der Waals surface area contributed by atoms with E-state index in [0.29, 0.717) is 27.7 Å². The molecule has 0 fully saturated rings. The van der Waals surface area contributed by atoms with E-state index in [2.05, 4.69) is 6.58 Å². The minimum Gasteiger partial charge on any atom is -0.478 e. The third-order valence-corrected chi connectivity index (χ3v) is 6.52. The number of hydrogen-bond acceptors (Lipinski definition) is 5. The lowest BCUT2D eigenvalue weighted by Crippen LogP contribution is -2.22. The van der Waals surface area contributed by atoms with Crippen LogP contribution in [0.4, 0.5) is 0 Å². The van der Waals surface area contributed by atoms with Crippen LogP contribution in [0.3, 0.4) is 0 Å². The Balaban J connectivity index is 1.74. The summed E-state index contributed by atoms with van der Waals surface area (Å²) in [4.78, 5) is 30.0. The molecule has 4 aromatic rings. The van der Waals surface area contributed by atoms with Gasteiger partial charge in [-0.25, -0.2) is 9.78 Å². The molecule has 150 valence electrons. The Kier molecular flexibility index (Phi) is 5.83. The standard InChI is InChI=1S/C23H18N2O3S2/c1-2-11-25-21(26)19-18(16-8-4-3-5-9-16)14-29-20(19)24-23(25)30-13-15-7-6-10-17(12-15)22(27)28/h2-10,12,14H,1,11,13H2,(H,27,28).